The zero-order valence-electron chi connectivity index (χ0n) is 16.0. The summed E-state index contributed by atoms with van der Waals surface area (Å²) in [6.45, 7) is 5.38. The molecule has 0 nitrogen and oxygen atoms in total. The third kappa shape index (κ3) is 19.9. The van der Waals surface area contributed by atoms with Crippen LogP contribution >= 0.6 is 22.2 Å². The molecule has 3 heteroatoms. The number of hydrogen-bond acceptors (Lipinski definition) is 0. The van der Waals surface area contributed by atoms with E-state index in [1.54, 1.807) is 0 Å². The van der Waals surface area contributed by atoms with Gasteiger partial charge < -0.3 is 0 Å². The van der Waals surface area contributed by atoms with Crippen LogP contribution in [0, 0.1) is 0 Å². The highest BCUT2D eigenvalue weighted by atomic mass is 35.7. The summed E-state index contributed by atoms with van der Waals surface area (Å²) in [6.07, 6.45) is 27.8. The van der Waals surface area contributed by atoms with Gasteiger partial charge in [0.1, 0.15) is 0 Å². The van der Waals surface area contributed by atoms with Crippen LogP contribution in [0.4, 0.5) is 0 Å². The molecule has 25 heavy (non-hydrogen) atoms. The van der Waals surface area contributed by atoms with Gasteiger partial charge in [-0.1, -0.05) is 62.1 Å². The van der Waals surface area contributed by atoms with E-state index >= 15 is 0 Å². The zero-order chi connectivity index (χ0) is 18.6. The van der Waals surface area contributed by atoms with Crippen LogP contribution in [0.3, 0.4) is 0 Å². The van der Waals surface area contributed by atoms with Crippen molar-refractivity contribution >= 4 is 28.9 Å². The van der Waals surface area contributed by atoms with Gasteiger partial charge in [0.2, 0.25) is 0 Å². The van der Waals surface area contributed by atoms with Crippen LogP contribution in [0.2, 0.25) is 12.1 Å². The molecule has 0 heterocycles. The average Bonchev–Trinajstić information content (AvgIpc) is 2.59. The third-order valence-corrected chi connectivity index (χ3v) is 7.74. The predicted molar refractivity (Wildman–Crippen MR) is 121 cm³/mol. The Hall–Kier alpha value is -0.243. The lowest BCUT2D eigenvalue weighted by molar-refractivity contribution is 0.652. The fourth-order valence-corrected chi connectivity index (χ4v) is 4.90. The predicted octanol–water partition coefficient (Wildman–Crippen LogP) is 9.07. The standard InChI is InChI=1S/C22H38Cl2Si/c1-3-5-7-9-11-13-15-17-19-21-25(23,24)22-20-18-16-14-12-10-8-6-4-2/h3-4,17-20H,1-2,5-16,21-22H2. The highest BCUT2D eigenvalue weighted by Crippen LogP contribution is 2.26. The minimum Gasteiger partial charge on any atom is -0.145 e. The number of unbranched alkanes of at least 4 members (excludes halogenated alkanes) is 10. The Bertz CT molecular complexity index is 338. The minimum atomic E-state index is -2.13. The number of hydrogen-bond donors (Lipinski definition) is 0. The molecule has 0 fully saturated rings. The first-order chi connectivity index (χ1) is 12.1. The van der Waals surface area contributed by atoms with Crippen LogP contribution in [0.15, 0.2) is 49.6 Å². The van der Waals surface area contributed by atoms with Crippen LogP contribution < -0.4 is 0 Å². The van der Waals surface area contributed by atoms with Crippen molar-refractivity contribution in [3.63, 3.8) is 0 Å². The topological polar surface area (TPSA) is 0 Å². The molecule has 0 aliphatic carbocycles. The quantitative estimate of drug-likeness (QED) is 0.0929. The van der Waals surface area contributed by atoms with Crippen molar-refractivity contribution in [2.75, 3.05) is 0 Å². The highest BCUT2D eigenvalue weighted by Gasteiger charge is 2.24. The fourth-order valence-electron chi connectivity index (χ4n) is 2.64. The first-order valence-corrected chi connectivity index (χ1v) is 14.5. The van der Waals surface area contributed by atoms with E-state index in [2.05, 4.69) is 37.5 Å². The molecule has 0 aromatic rings. The van der Waals surface area contributed by atoms with Crippen molar-refractivity contribution in [3.8, 4) is 0 Å². The van der Waals surface area contributed by atoms with Gasteiger partial charge in [0.15, 0.2) is 0 Å². The van der Waals surface area contributed by atoms with Crippen molar-refractivity contribution in [1.82, 2.24) is 0 Å². The Labute approximate surface area is 167 Å². The van der Waals surface area contributed by atoms with E-state index < -0.39 is 6.69 Å². The summed E-state index contributed by atoms with van der Waals surface area (Å²) in [5, 5.41) is 0. The van der Waals surface area contributed by atoms with Crippen LogP contribution in [0.5, 0.6) is 0 Å². The van der Waals surface area contributed by atoms with Gasteiger partial charge in [0, 0.05) is 0 Å². The van der Waals surface area contributed by atoms with E-state index in [4.69, 9.17) is 22.2 Å². The minimum absolute atomic E-state index is 0.860. The smallest absolute Gasteiger partial charge is 0.145 e. The van der Waals surface area contributed by atoms with E-state index in [9.17, 15) is 0 Å². The van der Waals surface area contributed by atoms with E-state index in [1.807, 2.05) is 12.2 Å². The van der Waals surface area contributed by atoms with Gasteiger partial charge in [-0.15, -0.1) is 35.3 Å². The van der Waals surface area contributed by atoms with Gasteiger partial charge in [-0.3, -0.25) is 0 Å². The molecule has 0 bridgehead atoms. The van der Waals surface area contributed by atoms with Crippen molar-refractivity contribution in [3.05, 3.63) is 49.6 Å². The molecule has 0 aliphatic rings. The van der Waals surface area contributed by atoms with Gasteiger partial charge in [-0.2, -0.15) is 0 Å². The average molecular weight is 402 g/mol. The maximum atomic E-state index is 6.51. The normalized spacial score (nSPS) is 12.2. The summed E-state index contributed by atoms with van der Waals surface area (Å²) < 4.78 is 0. The Morgan fingerprint density at radius 1 is 0.520 bits per heavy atom. The summed E-state index contributed by atoms with van der Waals surface area (Å²) in [6, 6.07) is 1.72. The summed E-state index contributed by atoms with van der Waals surface area (Å²) in [4.78, 5) is 0. The van der Waals surface area contributed by atoms with Crippen LogP contribution in [0.1, 0.15) is 77.0 Å². The summed E-state index contributed by atoms with van der Waals surface area (Å²) >= 11 is 13.0. The second-order valence-electron chi connectivity index (χ2n) is 6.77. The Morgan fingerprint density at radius 3 is 1.24 bits per heavy atom. The van der Waals surface area contributed by atoms with Crippen LogP contribution in [-0.4, -0.2) is 6.69 Å². The first kappa shape index (κ1) is 24.8. The molecular formula is C22H38Cl2Si. The molecule has 144 valence electrons. The fraction of sp³-hybridized carbons (Fsp3) is 0.636. The van der Waals surface area contributed by atoms with Gasteiger partial charge >= 0.3 is 0 Å². The van der Waals surface area contributed by atoms with Crippen molar-refractivity contribution < 1.29 is 0 Å². The number of allylic oxidation sites excluding steroid dienone is 6. The summed E-state index contributed by atoms with van der Waals surface area (Å²) in [5.74, 6) is 0. The van der Waals surface area contributed by atoms with E-state index in [0.717, 1.165) is 37.8 Å². The zero-order valence-corrected chi connectivity index (χ0v) is 18.5. The van der Waals surface area contributed by atoms with Crippen molar-refractivity contribution in [2.45, 2.75) is 89.1 Å². The molecule has 0 radical (unpaired) electrons. The lowest BCUT2D eigenvalue weighted by Gasteiger charge is -2.11. The van der Waals surface area contributed by atoms with Crippen LogP contribution in [-0.2, 0) is 0 Å². The number of halogens is 2. The van der Waals surface area contributed by atoms with Crippen molar-refractivity contribution in [2.24, 2.45) is 0 Å². The second-order valence-corrected chi connectivity index (χ2v) is 14.2. The molecular weight excluding hydrogens is 363 g/mol. The highest BCUT2D eigenvalue weighted by molar-refractivity contribution is 7.45. The molecule has 0 aliphatic heterocycles. The Morgan fingerprint density at radius 2 is 0.880 bits per heavy atom. The molecule has 0 N–H and O–H groups in total. The Balaban J connectivity index is 3.58. The van der Waals surface area contributed by atoms with E-state index in [0.29, 0.717) is 0 Å². The third-order valence-electron chi connectivity index (χ3n) is 4.22. The van der Waals surface area contributed by atoms with E-state index in [1.165, 1.54) is 51.4 Å². The molecule has 0 saturated carbocycles. The molecule has 0 spiro atoms. The lowest BCUT2D eigenvalue weighted by atomic mass is 10.1. The second kappa shape index (κ2) is 18.5. The molecule has 0 rings (SSSR count). The number of rotatable bonds is 18. The maximum absolute atomic E-state index is 6.51. The SMILES string of the molecule is C=CCCCCCCC=CC[Si](Cl)(Cl)CC=CCCCCCCC=C. The molecule has 0 atom stereocenters. The molecule has 0 unspecified atom stereocenters. The van der Waals surface area contributed by atoms with Crippen molar-refractivity contribution in [1.29, 1.82) is 0 Å². The molecule has 0 aromatic carbocycles. The van der Waals surface area contributed by atoms with Gasteiger partial charge in [0.05, 0.1) is 0 Å². The molecule has 0 saturated heterocycles. The largest absolute Gasteiger partial charge is 0.258 e. The van der Waals surface area contributed by atoms with Crippen LogP contribution in [0.25, 0.3) is 0 Å². The van der Waals surface area contributed by atoms with Gasteiger partial charge in [-0.05, 0) is 63.5 Å². The van der Waals surface area contributed by atoms with Gasteiger partial charge in [-0.25, -0.2) is 0 Å². The monoisotopic (exact) mass is 400 g/mol. The maximum Gasteiger partial charge on any atom is 0.258 e. The lowest BCUT2D eigenvalue weighted by Crippen LogP contribution is -2.15. The summed E-state index contributed by atoms with van der Waals surface area (Å²) in [5.41, 5.74) is 0. The summed E-state index contributed by atoms with van der Waals surface area (Å²) in [7, 11) is 0. The molecule has 0 aromatic heterocycles. The van der Waals surface area contributed by atoms with E-state index in [-0.39, 0.29) is 0 Å². The first-order valence-electron chi connectivity index (χ1n) is 10.0. The Kier molecular flexibility index (Phi) is 18.4. The molecule has 0 amide bonds. The van der Waals surface area contributed by atoms with Gasteiger partial charge in [0.25, 0.3) is 6.69 Å².